The number of carbonyl (C=O) groups excluding carboxylic acids is 1. The summed E-state index contributed by atoms with van der Waals surface area (Å²) in [5, 5.41) is 0. The van der Waals surface area contributed by atoms with Gasteiger partial charge in [0.2, 0.25) is 5.91 Å². The molecule has 1 rings (SSSR count). The molecule has 0 spiro atoms. The van der Waals surface area contributed by atoms with E-state index in [9.17, 15) is 4.79 Å². The second-order valence-electron chi connectivity index (χ2n) is 4.06. The number of likely N-dealkylation sites (tertiary alicyclic amines) is 1. The summed E-state index contributed by atoms with van der Waals surface area (Å²) in [7, 11) is 1.84. The molecule has 1 aliphatic rings. The molecule has 70 valence electrons. The van der Waals surface area contributed by atoms with Gasteiger partial charge in [-0.15, -0.1) is 0 Å². The Hall–Kier alpha value is -0.570. The SMILES string of the molecule is CC(C)C(N)C1CC(=O)N(C)C1. The molecule has 0 aromatic rings. The van der Waals surface area contributed by atoms with Crippen LogP contribution >= 0.6 is 0 Å². The highest BCUT2D eigenvalue weighted by molar-refractivity contribution is 5.78. The van der Waals surface area contributed by atoms with Crippen LogP contribution in [0.5, 0.6) is 0 Å². The van der Waals surface area contributed by atoms with E-state index in [1.165, 1.54) is 0 Å². The van der Waals surface area contributed by atoms with Gasteiger partial charge in [-0.2, -0.15) is 0 Å². The Morgan fingerprint density at radius 2 is 2.17 bits per heavy atom. The largest absolute Gasteiger partial charge is 0.345 e. The third-order valence-corrected chi connectivity index (χ3v) is 2.69. The normalized spacial score (nSPS) is 26.9. The van der Waals surface area contributed by atoms with Gasteiger partial charge in [0.05, 0.1) is 0 Å². The Labute approximate surface area is 73.9 Å². The highest BCUT2D eigenvalue weighted by atomic mass is 16.2. The molecule has 2 N–H and O–H groups in total. The molecular formula is C9H18N2O. The van der Waals surface area contributed by atoms with Crippen molar-refractivity contribution >= 4 is 5.91 Å². The smallest absolute Gasteiger partial charge is 0.222 e. The van der Waals surface area contributed by atoms with Crippen molar-refractivity contribution in [3.63, 3.8) is 0 Å². The number of nitrogens with zero attached hydrogens (tertiary/aromatic N) is 1. The molecule has 1 aliphatic heterocycles. The van der Waals surface area contributed by atoms with Gasteiger partial charge in [-0.1, -0.05) is 13.8 Å². The molecule has 2 unspecified atom stereocenters. The van der Waals surface area contributed by atoms with Crippen LogP contribution in [0.4, 0.5) is 0 Å². The van der Waals surface area contributed by atoms with E-state index in [1.54, 1.807) is 4.90 Å². The molecule has 1 fully saturated rings. The quantitative estimate of drug-likeness (QED) is 0.654. The molecule has 12 heavy (non-hydrogen) atoms. The Kier molecular flexibility index (Phi) is 2.73. The van der Waals surface area contributed by atoms with E-state index in [-0.39, 0.29) is 11.9 Å². The Morgan fingerprint density at radius 3 is 2.50 bits per heavy atom. The van der Waals surface area contributed by atoms with Crippen molar-refractivity contribution in [2.24, 2.45) is 17.6 Å². The first-order valence-corrected chi connectivity index (χ1v) is 4.52. The van der Waals surface area contributed by atoms with Gasteiger partial charge in [-0.25, -0.2) is 0 Å². The van der Waals surface area contributed by atoms with Crippen LogP contribution in [0.1, 0.15) is 20.3 Å². The number of hydrogen-bond acceptors (Lipinski definition) is 2. The van der Waals surface area contributed by atoms with Crippen molar-refractivity contribution in [1.82, 2.24) is 4.90 Å². The van der Waals surface area contributed by atoms with Gasteiger partial charge in [0.15, 0.2) is 0 Å². The fourth-order valence-electron chi connectivity index (χ4n) is 1.70. The van der Waals surface area contributed by atoms with Crippen LogP contribution in [0.15, 0.2) is 0 Å². The lowest BCUT2D eigenvalue weighted by atomic mass is 9.91. The molecule has 1 saturated heterocycles. The van der Waals surface area contributed by atoms with E-state index in [2.05, 4.69) is 13.8 Å². The molecule has 1 heterocycles. The monoisotopic (exact) mass is 170 g/mol. The number of carbonyl (C=O) groups is 1. The van der Waals surface area contributed by atoms with Crippen LogP contribution in [0, 0.1) is 11.8 Å². The topological polar surface area (TPSA) is 46.3 Å². The zero-order chi connectivity index (χ0) is 9.30. The number of rotatable bonds is 2. The summed E-state index contributed by atoms with van der Waals surface area (Å²) in [6.45, 7) is 5.04. The molecule has 1 amide bonds. The van der Waals surface area contributed by atoms with Gasteiger partial charge in [0, 0.05) is 32.0 Å². The zero-order valence-corrected chi connectivity index (χ0v) is 8.08. The number of hydrogen-bond donors (Lipinski definition) is 1. The first-order chi connectivity index (χ1) is 5.52. The summed E-state index contributed by atoms with van der Waals surface area (Å²) < 4.78 is 0. The molecule has 2 atom stereocenters. The maximum atomic E-state index is 11.2. The average Bonchev–Trinajstić information content (AvgIpc) is 2.30. The first-order valence-electron chi connectivity index (χ1n) is 4.52. The predicted octanol–water partition coefficient (Wildman–Crippen LogP) is 0.448. The minimum Gasteiger partial charge on any atom is -0.345 e. The maximum absolute atomic E-state index is 11.2. The van der Waals surface area contributed by atoms with Crippen molar-refractivity contribution < 1.29 is 4.79 Å². The molecule has 0 bridgehead atoms. The average molecular weight is 170 g/mol. The minimum atomic E-state index is 0.166. The van der Waals surface area contributed by atoms with E-state index >= 15 is 0 Å². The summed E-state index contributed by atoms with van der Waals surface area (Å²) in [4.78, 5) is 13.0. The van der Waals surface area contributed by atoms with Crippen LogP contribution in [0.25, 0.3) is 0 Å². The van der Waals surface area contributed by atoms with E-state index < -0.39 is 0 Å². The van der Waals surface area contributed by atoms with Gasteiger partial charge < -0.3 is 10.6 Å². The lowest BCUT2D eigenvalue weighted by Crippen LogP contribution is -2.36. The van der Waals surface area contributed by atoms with Crippen molar-refractivity contribution in [3.05, 3.63) is 0 Å². The van der Waals surface area contributed by atoms with Gasteiger partial charge in [-0.05, 0) is 5.92 Å². The highest BCUT2D eigenvalue weighted by Crippen LogP contribution is 2.22. The Balaban J connectivity index is 2.51. The van der Waals surface area contributed by atoms with E-state index in [1.807, 2.05) is 7.05 Å². The number of amides is 1. The minimum absolute atomic E-state index is 0.166. The molecular weight excluding hydrogens is 152 g/mol. The standard InChI is InChI=1S/C9H18N2O/c1-6(2)9(10)7-4-8(12)11(3)5-7/h6-7,9H,4-5,10H2,1-3H3. The van der Waals surface area contributed by atoms with Gasteiger partial charge in [0.1, 0.15) is 0 Å². The third-order valence-electron chi connectivity index (χ3n) is 2.69. The summed E-state index contributed by atoms with van der Waals surface area (Å²) in [5.41, 5.74) is 5.97. The van der Waals surface area contributed by atoms with E-state index in [0.29, 0.717) is 18.3 Å². The lowest BCUT2D eigenvalue weighted by molar-refractivity contribution is -0.126. The Bertz CT molecular complexity index is 179. The van der Waals surface area contributed by atoms with Crippen molar-refractivity contribution in [3.8, 4) is 0 Å². The molecule has 0 aliphatic carbocycles. The molecule has 0 radical (unpaired) electrons. The fourth-order valence-corrected chi connectivity index (χ4v) is 1.70. The first kappa shape index (κ1) is 9.52. The predicted molar refractivity (Wildman–Crippen MR) is 48.6 cm³/mol. The van der Waals surface area contributed by atoms with Crippen LogP contribution < -0.4 is 5.73 Å². The molecule has 0 aromatic carbocycles. The maximum Gasteiger partial charge on any atom is 0.222 e. The fraction of sp³-hybridized carbons (Fsp3) is 0.889. The summed E-state index contributed by atoms with van der Waals surface area (Å²) in [6.07, 6.45) is 0.635. The summed E-state index contributed by atoms with van der Waals surface area (Å²) in [5.74, 6) is 1.06. The zero-order valence-electron chi connectivity index (χ0n) is 8.08. The van der Waals surface area contributed by atoms with E-state index in [0.717, 1.165) is 6.54 Å². The third kappa shape index (κ3) is 1.78. The highest BCUT2D eigenvalue weighted by Gasteiger charge is 2.32. The van der Waals surface area contributed by atoms with Crippen LogP contribution in [0.3, 0.4) is 0 Å². The van der Waals surface area contributed by atoms with Gasteiger partial charge >= 0.3 is 0 Å². The Morgan fingerprint density at radius 1 is 1.58 bits per heavy atom. The van der Waals surface area contributed by atoms with Crippen LogP contribution in [-0.2, 0) is 4.79 Å². The molecule has 3 nitrogen and oxygen atoms in total. The van der Waals surface area contributed by atoms with Crippen molar-refractivity contribution in [2.45, 2.75) is 26.3 Å². The molecule has 3 heteroatoms. The van der Waals surface area contributed by atoms with Gasteiger partial charge in [0.25, 0.3) is 0 Å². The second kappa shape index (κ2) is 3.44. The second-order valence-corrected chi connectivity index (χ2v) is 4.06. The molecule has 0 aromatic heterocycles. The van der Waals surface area contributed by atoms with Gasteiger partial charge in [-0.3, -0.25) is 4.79 Å². The summed E-state index contributed by atoms with van der Waals surface area (Å²) >= 11 is 0. The molecule has 0 saturated carbocycles. The van der Waals surface area contributed by atoms with Crippen LogP contribution in [-0.4, -0.2) is 30.4 Å². The lowest BCUT2D eigenvalue weighted by Gasteiger charge is -2.21. The van der Waals surface area contributed by atoms with E-state index in [4.69, 9.17) is 5.73 Å². The van der Waals surface area contributed by atoms with Crippen LogP contribution in [0.2, 0.25) is 0 Å². The summed E-state index contributed by atoms with van der Waals surface area (Å²) in [6, 6.07) is 0.166. The van der Waals surface area contributed by atoms with Crippen molar-refractivity contribution in [1.29, 1.82) is 0 Å². The van der Waals surface area contributed by atoms with Crippen molar-refractivity contribution in [2.75, 3.05) is 13.6 Å². The number of nitrogens with two attached hydrogens (primary N) is 1.